The van der Waals surface area contributed by atoms with Crippen molar-refractivity contribution in [3.63, 3.8) is 0 Å². The molecule has 2 aromatic carbocycles. The number of rotatable bonds is 5. The van der Waals surface area contributed by atoms with Gasteiger partial charge in [0.2, 0.25) is 0 Å². The normalized spacial score (nSPS) is 15.5. The average Bonchev–Trinajstić information content (AvgIpc) is 3.34. The molecule has 9 heteroatoms. The van der Waals surface area contributed by atoms with Crippen LogP contribution < -0.4 is 14.9 Å². The van der Waals surface area contributed by atoms with Crippen LogP contribution in [-0.2, 0) is 9.53 Å². The summed E-state index contributed by atoms with van der Waals surface area (Å²) in [4.78, 5) is 31.8. The van der Waals surface area contributed by atoms with E-state index in [0.29, 0.717) is 20.6 Å². The minimum Gasteiger partial charge on any atom is -0.463 e. The summed E-state index contributed by atoms with van der Waals surface area (Å²) in [5.74, 6) is -0.959. The summed E-state index contributed by atoms with van der Waals surface area (Å²) in [5, 5.41) is 4.68. The zero-order chi connectivity index (χ0) is 26.3. The fourth-order valence-corrected chi connectivity index (χ4v) is 5.60. The number of aryl methyl sites for hydroxylation is 1. The smallest absolute Gasteiger partial charge is 0.338 e. The molecule has 2 aromatic heterocycles. The van der Waals surface area contributed by atoms with Crippen LogP contribution in [0.5, 0.6) is 0 Å². The van der Waals surface area contributed by atoms with Gasteiger partial charge in [0.05, 0.1) is 39.8 Å². The Balaban J connectivity index is 1.70. The minimum absolute atomic E-state index is 0.181. The number of ether oxygens (including phenoxy) is 1. The number of esters is 1. The zero-order valence-corrected chi connectivity index (χ0v) is 21.7. The second-order valence-corrected chi connectivity index (χ2v) is 9.69. The summed E-state index contributed by atoms with van der Waals surface area (Å²) in [6.07, 6.45) is 1.83. The summed E-state index contributed by atoms with van der Waals surface area (Å²) in [7, 11) is 0. The van der Waals surface area contributed by atoms with Crippen LogP contribution in [0.4, 0.5) is 4.39 Å². The number of carbonyl (C=O) groups is 1. The molecule has 0 saturated carbocycles. The number of hydrogen-bond donors (Lipinski definition) is 0. The van der Waals surface area contributed by atoms with Gasteiger partial charge in [-0.25, -0.2) is 18.9 Å². The first-order chi connectivity index (χ1) is 17.8. The van der Waals surface area contributed by atoms with E-state index in [-0.39, 0.29) is 17.7 Å². The predicted molar refractivity (Wildman–Crippen MR) is 140 cm³/mol. The number of allylic oxidation sites excluding steroid dienone is 1. The van der Waals surface area contributed by atoms with Crippen molar-refractivity contribution >= 4 is 23.4 Å². The van der Waals surface area contributed by atoms with Gasteiger partial charge in [-0.3, -0.25) is 9.36 Å². The lowest BCUT2D eigenvalue weighted by Gasteiger charge is -2.24. The summed E-state index contributed by atoms with van der Waals surface area (Å²) < 4.78 is 22.8. The quantitative estimate of drug-likeness (QED) is 0.379. The highest BCUT2D eigenvalue weighted by molar-refractivity contribution is 7.07. The Morgan fingerprint density at radius 3 is 2.49 bits per heavy atom. The van der Waals surface area contributed by atoms with Crippen molar-refractivity contribution < 1.29 is 13.9 Å². The van der Waals surface area contributed by atoms with Crippen molar-refractivity contribution in [2.75, 3.05) is 6.61 Å². The van der Waals surface area contributed by atoms with Crippen LogP contribution in [0.2, 0.25) is 0 Å². The molecule has 0 bridgehead atoms. The molecule has 1 aliphatic rings. The molecule has 0 N–H and O–H groups in total. The third kappa shape index (κ3) is 4.35. The Bertz CT molecular complexity index is 1710. The molecule has 0 saturated heterocycles. The second kappa shape index (κ2) is 9.74. The van der Waals surface area contributed by atoms with Crippen LogP contribution in [0, 0.1) is 19.7 Å². The lowest BCUT2D eigenvalue weighted by Crippen LogP contribution is -2.40. The van der Waals surface area contributed by atoms with Gasteiger partial charge in [0.1, 0.15) is 5.82 Å². The Hall–Kier alpha value is -4.11. The maximum Gasteiger partial charge on any atom is 0.338 e. The topological polar surface area (TPSA) is 78.5 Å². The van der Waals surface area contributed by atoms with Crippen LogP contribution >= 0.6 is 11.3 Å². The number of carbonyl (C=O) groups excluding carboxylic acids is 1. The minimum atomic E-state index is -0.785. The number of hydrogen-bond acceptors (Lipinski definition) is 6. The van der Waals surface area contributed by atoms with E-state index in [0.717, 1.165) is 22.6 Å². The van der Waals surface area contributed by atoms with Crippen molar-refractivity contribution in [3.8, 4) is 5.69 Å². The zero-order valence-electron chi connectivity index (χ0n) is 20.9. The molecule has 1 aliphatic heterocycles. The molecule has 0 amide bonds. The molecule has 37 heavy (non-hydrogen) atoms. The number of benzene rings is 2. The highest BCUT2D eigenvalue weighted by Gasteiger charge is 2.33. The fraction of sp³-hybridized carbons (Fsp3) is 0.214. The molecule has 7 nitrogen and oxygen atoms in total. The lowest BCUT2D eigenvalue weighted by molar-refractivity contribution is -0.139. The van der Waals surface area contributed by atoms with Crippen molar-refractivity contribution in [2.45, 2.75) is 33.7 Å². The van der Waals surface area contributed by atoms with E-state index in [9.17, 15) is 14.0 Å². The largest absolute Gasteiger partial charge is 0.463 e. The first-order valence-electron chi connectivity index (χ1n) is 11.9. The Kier molecular flexibility index (Phi) is 6.47. The van der Waals surface area contributed by atoms with Crippen molar-refractivity contribution in [1.29, 1.82) is 0 Å². The molecule has 1 unspecified atom stereocenters. The molecule has 5 rings (SSSR count). The van der Waals surface area contributed by atoms with Gasteiger partial charge in [-0.05, 0) is 63.6 Å². The first-order valence-corrected chi connectivity index (χ1v) is 12.7. The number of nitrogens with zero attached hydrogens (tertiary/aromatic N) is 4. The molecule has 0 aliphatic carbocycles. The predicted octanol–water partition coefficient (Wildman–Crippen LogP) is 3.74. The Labute approximate surface area is 216 Å². The van der Waals surface area contributed by atoms with E-state index >= 15 is 0 Å². The molecule has 0 radical (unpaired) electrons. The van der Waals surface area contributed by atoms with E-state index < -0.39 is 17.8 Å². The van der Waals surface area contributed by atoms with Gasteiger partial charge in [-0.15, -0.1) is 0 Å². The fourth-order valence-electron chi connectivity index (χ4n) is 4.57. The summed E-state index contributed by atoms with van der Waals surface area (Å²) in [6.45, 7) is 7.48. The SMILES string of the molecule is CCOC(=O)C1=C(C)N=c2sc(=Cc3c(C)nn(-c4ccccc4)c3C)c(=O)n2C1c1ccc(F)cc1. The number of aromatic nitrogens is 3. The van der Waals surface area contributed by atoms with E-state index in [1.54, 1.807) is 26.0 Å². The maximum atomic E-state index is 13.8. The Morgan fingerprint density at radius 2 is 1.81 bits per heavy atom. The van der Waals surface area contributed by atoms with Crippen LogP contribution in [-0.4, -0.2) is 26.9 Å². The standard InChI is InChI=1S/C28H25FN4O3S/c1-5-36-27(35)24-17(3)30-28-32(25(24)19-11-13-20(29)14-12-19)26(34)23(37-28)15-22-16(2)31-33(18(22)4)21-9-7-6-8-10-21/h6-15,25H,5H2,1-4H3. The van der Waals surface area contributed by atoms with Crippen LogP contribution in [0.3, 0.4) is 0 Å². The molecule has 188 valence electrons. The van der Waals surface area contributed by atoms with E-state index in [1.165, 1.54) is 28.0 Å². The van der Waals surface area contributed by atoms with Crippen molar-refractivity contribution in [1.82, 2.24) is 14.3 Å². The van der Waals surface area contributed by atoms with Gasteiger partial charge >= 0.3 is 5.97 Å². The first kappa shape index (κ1) is 24.6. The second-order valence-electron chi connectivity index (χ2n) is 8.69. The Morgan fingerprint density at radius 1 is 1.11 bits per heavy atom. The van der Waals surface area contributed by atoms with Crippen molar-refractivity contribution in [2.24, 2.45) is 4.99 Å². The van der Waals surface area contributed by atoms with Gasteiger partial charge in [0, 0.05) is 11.3 Å². The molecule has 0 fully saturated rings. The summed E-state index contributed by atoms with van der Waals surface area (Å²) in [5.41, 5.74) is 4.47. The monoisotopic (exact) mass is 516 g/mol. The van der Waals surface area contributed by atoms with Gasteiger partial charge < -0.3 is 4.74 Å². The molecule has 1 atom stereocenters. The highest BCUT2D eigenvalue weighted by atomic mass is 32.1. The lowest BCUT2D eigenvalue weighted by atomic mass is 9.96. The number of para-hydroxylation sites is 1. The van der Waals surface area contributed by atoms with Crippen LogP contribution in [0.1, 0.15) is 42.4 Å². The van der Waals surface area contributed by atoms with Gasteiger partial charge in [-0.1, -0.05) is 41.7 Å². The third-order valence-corrected chi connectivity index (χ3v) is 7.31. The third-order valence-electron chi connectivity index (χ3n) is 6.33. The van der Waals surface area contributed by atoms with E-state index in [1.807, 2.05) is 54.9 Å². The highest BCUT2D eigenvalue weighted by Crippen LogP contribution is 2.30. The van der Waals surface area contributed by atoms with Crippen molar-refractivity contribution in [3.05, 3.63) is 114 Å². The molecule has 0 spiro atoms. The summed E-state index contributed by atoms with van der Waals surface area (Å²) >= 11 is 1.24. The van der Waals surface area contributed by atoms with Gasteiger partial charge in [0.25, 0.3) is 5.56 Å². The molecular formula is C28H25FN4O3S. The average molecular weight is 517 g/mol. The summed E-state index contributed by atoms with van der Waals surface area (Å²) in [6, 6.07) is 14.8. The van der Waals surface area contributed by atoms with Gasteiger partial charge in [0.15, 0.2) is 4.80 Å². The number of halogens is 1. The van der Waals surface area contributed by atoms with Crippen LogP contribution in [0.25, 0.3) is 11.8 Å². The molecule has 4 aromatic rings. The maximum absolute atomic E-state index is 13.8. The van der Waals surface area contributed by atoms with Gasteiger partial charge in [-0.2, -0.15) is 5.10 Å². The molecule has 3 heterocycles. The number of thiazole rings is 1. The van der Waals surface area contributed by atoms with E-state index in [4.69, 9.17) is 4.74 Å². The molecular weight excluding hydrogens is 491 g/mol. The number of fused-ring (bicyclic) bond motifs is 1. The van der Waals surface area contributed by atoms with E-state index in [2.05, 4.69) is 10.1 Å². The van der Waals surface area contributed by atoms with Crippen LogP contribution in [0.15, 0.2) is 75.7 Å².